The normalized spacial score (nSPS) is 11.1. The lowest BCUT2D eigenvalue weighted by Crippen LogP contribution is -2.36. The zero-order chi connectivity index (χ0) is 14.3. The molecule has 0 unspecified atom stereocenters. The molecule has 0 aromatic heterocycles. The standard InChI is InChI=1S/C14H22N2O2S/c1-14(2,19-3)10-16-13(17)7-8-18-12-6-4-5-11(15)9-12/h4-6,9H,7-8,10,15H2,1-3H3,(H,16,17). The van der Waals surface area contributed by atoms with Crippen molar-refractivity contribution in [1.82, 2.24) is 5.32 Å². The van der Waals surface area contributed by atoms with E-state index in [2.05, 4.69) is 19.2 Å². The number of hydrogen-bond acceptors (Lipinski definition) is 4. The number of amides is 1. The van der Waals surface area contributed by atoms with E-state index < -0.39 is 0 Å². The van der Waals surface area contributed by atoms with Crippen molar-refractivity contribution in [3.63, 3.8) is 0 Å². The molecule has 1 rings (SSSR count). The molecule has 0 spiro atoms. The first-order chi connectivity index (χ1) is 8.93. The van der Waals surface area contributed by atoms with Gasteiger partial charge in [-0.3, -0.25) is 4.79 Å². The fourth-order valence-electron chi connectivity index (χ4n) is 1.34. The van der Waals surface area contributed by atoms with Crippen molar-refractivity contribution in [2.24, 2.45) is 0 Å². The molecule has 0 bridgehead atoms. The molecule has 0 aliphatic carbocycles. The fourth-order valence-corrected chi connectivity index (χ4v) is 1.55. The molecule has 0 saturated heterocycles. The molecule has 0 saturated carbocycles. The van der Waals surface area contributed by atoms with Crippen molar-refractivity contribution in [3.8, 4) is 5.75 Å². The second-order valence-electron chi connectivity index (χ2n) is 4.91. The molecule has 1 aromatic rings. The van der Waals surface area contributed by atoms with E-state index in [4.69, 9.17) is 10.5 Å². The van der Waals surface area contributed by atoms with Crippen LogP contribution in [0.15, 0.2) is 24.3 Å². The predicted octanol–water partition coefficient (Wildman–Crippen LogP) is 2.30. The van der Waals surface area contributed by atoms with Gasteiger partial charge in [-0.05, 0) is 32.2 Å². The zero-order valence-corrected chi connectivity index (χ0v) is 12.5. The van der Waals surface area contributed by atoms with Crippen LogP contribution in [0.25, 0.3) is 0 Å². The highest BCUT2D eigenvalue weighted by molar-refractivity contribution is 7.99. The molecule has 0 aliphatic heterocycles. The summed E-state index contributed by atoms with van der Waals surface area (Å²) in [4.78, 5) is 11.6. The topological polar surface area (TPSA) is 64.3 Å². The Hall–Kier alpha value is -1.36. The first kappa shape index (κ1) is 15.7. The van der Waals surface area contributed by atoms with Gasteiger partial charge in [-0.1, -0.05) is 6.07 Å². The number of benzene rings is 1. The molecule has 1 amide bonds. The lowest BCUT2D eigenvalue weighted by molar-refractivity contribution is -0.121. The first-order valence-corrected chi connectivity index (χ1v) is 7.45. The van der Waals surface area contributed by atoms with Gasteiger partial charge in [0, 0.05) is 23.0 Å². The van der Waals surface area contributed by atoms with Gasteiger partial charge in [0.15, 0.2) is 0 Å². The Morgan fingerprint density at radius 2 is 2.21 bits per heavy atom. The summed E-state index contributed by atoms with van der Waals surface area (Å²) in [6, 6.07) is 7.19. The van der Waals surface area contributed by atoms with Crippen LogP contribution in [-0.2, 0) is 4.79 Å². The molecule has 0 heterocycles. The largest absolute Gasteiger partial charge is 0.493 e. The number of rotatable bonds is 7. The van der Waals surface area contributed by atoms with E-state index in [-0.39, 0.29) is 10.7 Å². The minimum atomic E-state index is 0.00558. The molecule has 0 fully saturated rings. The summed E-state index contributed by atoms with van der Waals surface area (Å²) in [6.45, 7) is 5.21. The monoisotopic (exact) mass is 282 g/mol. The molecular formula is C14H22N2O2S. The van der Waals surface area contributed by atoms with Crippen LogP contribution in [0.2, 0.25) is 0 Å². The molecular weight excluding hydrogens is 260 g/mol. The summed E-state index contributed by atoms with van der Waals surface area (Å²) in [5.74, 6) is 0.697. The second-order valence-corrected chi connectivity index (χ2v) is 6.42. The number of ether oxygens (including phenoxy) is 1. The van der Waals surface area contributed by atoms with Crippen LogP contribution in [0.1, 0.15) is 20.3 Å². The molecule has 0 radical (unpaired) electrons. The number of hydrogen-bond donors (Lipinski definition) is 2. The maximum absolute atomic E-state index is 11.6. The van der Waals surface area contributed by atoms with Gasteiger partial charge in [0.25, 0.3) is 0 Å². The highest BCUT2D eigenvalue weighted by atomic mass is 32.2. The number of thioether (sulfide) groups is 1. The van der Waals surface area contributed by atoms with Crippen molar-refractivity contribution in [1.29, 1.82) is 0 Å². The smallest absolute Gasteiger partial charge is 0.223 e. The Morgan fingerprint density at radius 3 is 2.84 bits per heavy atom. The molecule has 19 heavy (non-hydrogen) atoms. The Labute approximate surface area is 119 Å². The van der Waals surface area contributed by atoms with Crippen LogP contribution >= 0.6 is 11.8 Å². The fraction of sp³-hybridized carbons (Fsp3) is 0.500. The number of nitrogens with one attached hydrogen (secondary N) is 1. The summed E-state index contributed by atoms with van der Waals surface area (Å²) < 4.78 is 5.53. The lowest BCUT2D eigenvalue weighted by atomic mass is 10.2. The van der Waals surface area contributed by atoms with E-state index >= 15 is 0 Å². The summed E-state index contributed by atoms with van der Waals surface area (Å²) in [5.41, 5.74) is 6.30. The van der Waals surface area contributed by atoms with Crippen LogP contribution in [0.3, 0.4) is 0 Å². The molecule has 4 nitrogen and oxygen atoms in total. The number of carbonyl (C=O) groups excluding carboxylic acids is 1. The zero-order valence-electron chi connectivity index (χ0n) is 11.7. The van der Waals surface area contributed by atoms with Crippen LogP contribution in [-0.4, -0.2) is 30.1 Å². The van der Waals surface area contributed by atoms with Crippen LogP contribution < -0.4 is 15.8 Å². The van der Waals surface area contributed by atoms with Crippen molar-refractivity contribution >= 4 is 23.4 Å². The Kier molecular flexibility index (Phi) is 6.02. The molecule has 0 aliphatic rings. The van der Waals surface area contributed by atoms with E-state index in [1.807, 2.05) is 18.4 Å². The van der Waals surface area contributed by atoms with Crippen molar-refractivity contribution < 1.29 is 9.53 Å². The Bertz CT molecular complexity index is 422. The Morgan fingerprint density at radius 1 is 1.47 bits per heavy atom. The van der Waals surface area contributed by atoms with E-state index in [0.717, 1.165) is 0 Å². The quantitative estimate of drug-likeness (QED) is 0.753. The highest BCUT2D eigenvalue weighted by Gasteiger charge is 2.16. The van der Waals surface area contributed by atoms with Gasteiger partial charge in [0.05, 0.1) is 13.0 Å². The van der Waals surface area contributed by atoms with E-state index in [1.165, 1.54) is 0 Å². The van der Waals surface area contributed by atoms with Gasteiger partial charge in [-0.15, -0.1) is 0 Å². The highest BCUT2D eigenvalue weighted by Crippen LogP contribution is 2.19. The maximum atomic E-state index is 11.6. The minimum absolute atomic E-state index is 0.00558. The molecule has 1 aromatic carbocycles. The average molecular weight is 282 g/mol. The third-order valence-corrected chi connectivity index (χ3v) is 3.97. The number of nitrogens with two attached hydrogens (primary N) is 1. The molecule has 0 atom stereocenters. The van der Waals surface area contributed by atoms with Crippen molar-refractivity contribution in [2.45, 2.75) is 25.0 Å². The number of nitrogen functional groups attached to an aromatic ring is 1. The number of anilines is 1. The lowest BCUT2D eigenvalue weighted by Gasteiger charge is -2.22. The molecule has 106 valence electrons. The summed E-state index contributed by atoms with van der Waals surface area (Å²) >= 11 is 1.73. The van der Waals surface area contributed by atoms with Gasteiger partial charge in [0.2, 0.25) is 5.91 Å². The van der Waals surface area contributed by atoms with Crippen LogP contribution in [0, 0.1) is 0 Å². The van der Waals surface area contributed by atoms with Gasteiger partial charge < -0.3 is 15.8 Å². The predicted molar refractivity (Wildman–Crippen MR) is 81.6 cm³/mol. The van der Waals surface area contributed by atoms with Gasteiger partial charge >= 0.3 is 0 Å². The van der Waals surface area contributed by atoms with Crippen molar-refractivity contribution in [2.75, 3.05) is 25.1 Å². The van der Waals surface area contributed by atoms with Crippen molar-refractivity contribution in [3.05, 3.63) is 24.3 Å². The van der Waals surface area contributed by atoms with Gasteiger partial charge in [-0.25, -0.2) is 0 Å². The van der Waals surface area contributed by atoms with E-state index in [1.54, 1.807) is 23.9 Å². The molecule has 3 N–H and O–H groups in total. The Balaban J connectivity index is 2.24. The third kappa shape index (κ3) is 6.38. The second kappa shape index (κ2) is 7.28. The average Bonchev–Trinajstić information content (AvgIpc) is 2.37. The minimum Gasteiger partial charge on any atom is -0.493 e. The summed E-state index contributed by atoms with van der Waals surface area (Å²) in [6.07, 6.45) is 2.38. The van der Waals surface area contributed by atoms with Gasteiger partial charge in [0.1, 0.15) is 5.75 Å². The summed E-state index contributed by atoms with van der Waals surface area (Å²) in [7, 11) is 0. The SMILES string of the molecule is CSC(C)(C)CNC(=O)CCOc1cccc(N)c1. The van der Waals surface area contributed by atoms with E-state index in [0.29, 0.717) is 31.0 Å². The van der Waals surface area contributed by atoms with Crippen LogP contribution in [0.4, 0.5) is 5.69 Å². The number of carbonyl (C=O) groups is 1. The molecule has 5 heteroatoms. The van der Waals surface area contributed by atoms with Crippen LogP contribution in [0.5, 0.6) is 5.75 Å². The third-order valence-electron chi connectivity index (χ3n) is 2.72. The van der Waals surface area contributed by atoms with Gasteiger partial charge in [-0.2, -0.15) is 11.8 Å². The summed E-state index contributed by atoms with van der Waals surface area (Å²) in [5, 5.41) is 2.91. The van der Waals surface area contributed by atoms with E-state index in [9.17, 15) is 4.79 Å². The maximum Gasteiger partial charge on any atom is 0.223 e. The first-order valence-electron chi connectivity index (χ1n) is 6.23.